The fourth-order valence-electron chi connectivity index (χ4n) is 25.1. The number of hydrogen-bond acceptors (Lipinski definition) is 44. The highest BCUT2D eigenvalue weighted by molar-refractivity contribution is 6.02. The van der Waals surface area contributed by atoms with Crippen LogP contribution in [0.3, 0.4) is 0 Å². The van der Waals surface area contributed by atoms with Gasteiger partial charge in [-0.3, -0.25) is 28.8 Å². The molecule has 36 N–H and O–H groups in total. The molecule has 0 amide bonds. The number of allylic oxidation sites excluding steroid dienone is 8. The summed E-state index contributed by atoms with van der Waals surface area (Å²) in [5.74, 6) is -4.17. The van der Waals surface area contributed by atoms with Gasteiger partial charge in [-0.15, -0.1) is 0 Å². The van der Waals surface area contributed by atoms with E-state index in [1.807, 2.05) is 32.9 Å². The minimum atomic E-state index is -1.82. The molecule has 4 heterocycles. The number of fused-ring (bicyclic) bond motifs is 10. The number of aliphatic hydroxyl groups is 20. The average molecular weight is 1900 g/mol. The van der Waals surface area contributed by atoms with Crippen LogP contribution in [0.5, 0.6) is 0 Å². The second kappa shape index (κ2) is 43.5. The van der Waals surface area contributed by atoms with Crippen LogP contribution in [0.2, 0.25) is 0 Å². The Bertz CT molecular complexity index is 4140. The molecule has 44 heteroatoms. The maximum Gasteiger partial charge on any atom is 0.190 e. The molecule has 0 aromatic carbocycles. The van der Waals surface area contributed by atoms with Crippen molar-refractivity contribution in [1.82, 2.24) is 0 Å². The number of aliphatic hydroxyl groups excluding tert-OH is 18. The normalized spacial score (nSPS) is 48.1. The van der Waals surface area contributed by atoms with E-state index in [1.54, 1.807) is 24.3 Å². The summed E-state index contributed by atoms with van der Waals surface area (Å²) < 4.78 is 57.7. The molecule has 8 saturated carbocycles. The quantitative estimate of drug-likeness (QED) is 0.0235. The fourth-order valence-corrected chi connectivity index (χ4v) is 25.1. The van der Waals surface area contributed by atoms with Crippen LogP contribution in [-0.2, 0) is 76.1 Å². The lowest BCUT2D eigenvalue weighted by Crippen LogP contribution is -2.67. The second-order valence-corrected chi connectivity index (χ2v) is 40.1. The van der Waals surface area contributed by atoms with Gasteiger partial charge in [0.2, 0.25) is 0 Å². The number of hydrogen-bond donors (Lipinski definition) is 28. The van der Waals surface area contributed by atoms with E-state index in [0.29, 0.717) is 32.1 Å². The van der Waals surface area contributed by atoms with Crippen molar-refractivity contribution >= 4 is 34.7 Å². The van der Waals surface area contributed by atoms with Gasteiger partial charge in [0.25, 0.3) is 0 Å². The minimum Gasteiger partial charge on any atom is -0.394 e. The summed E-state index contributed by atoms with van der Waals surface area (Å²) in [4.78, 5) is 76.1. The van der Waals surface area contributed by atoms with Crippen molar-refractivity contribution in [3.8, 4) is 0 Å². The zero-order chi connectivity index (χ0) is 97.7. The van der Waals surface area contributed by atoms with Crippen LogP contribution in [0, 0.1) is 69.0 Å². The highest BCUT2D eigenvalue weighted by Gasteiger charge is 2.71. The molecule has 133 heavy (non-hydrogen) atoms. The Morgan fingerprint density at radius 1 is 0.466 bits per heavy atom. The van der Waals surface area contributed by atoms with Gasteiger partial charge < -0.3 is 195 Å². The van der Waals surface area contributed by atoms with Gasteiger partial charge in [0, 0.05) is 71.5 Å². The Morgan fingerprint density at radius 2 is 0.850 bits per heavy atom. The maximum absolute atomic E-state index is 13.9. The first-order valence-corrected chi connectivity index (χ1v) is 46.4. The Morgan fingerprint density at radius 3 is 1.25 bits per heavy atom. The third kappa shape index (κ3) is 20.5. The van der Waals surface area contributed by atoms with Gasteiger partial charge in [0.1, 0.15) is 153 Å². The fraction of sp³-hybridized carbons (Fsp3) is 0.843. The van der Waals surface area contributed by atoms with Crippen LogP contribution in [0.15, 0.2) is 47.6 Å². The molecule has 0 bridgehead atoms. The number of ketones is 6. The third-order valence-electron chi connectivity index (χ3n) is 32.6. The van der Waals surface area contributed by atoms with E-state index in [9.17, 15) is 131 Å². The minimum absolute atomic E-state index is 0.000186. The van der Waals surface area contributed by atoms with Crippen molar-refractivity contribution < 1.29 is 178 Å². The first-order chi connectivity index (χ1) is 62.7. The van der Waals surface area contributed by atoms with E-state index in [4.69, 9.17) is 93.2 Å². The topological polar surface area (TPSA) is 807 Å². The lowest BCUT2D eigenvalue weighted by atomic mass is 9.46. The number of Topliss-reactive ketones (excluding diaryl/α,β-unsaturated/α-hetero) is 4. The Hall–Kier alpha value is -4.54. The van der Waals surface area contributed by atoms with Crippen molar-refractivity contribution in [2.45, 2.75) is 337 Å². The van der Waals surface area contributed by atoms with Crippen LogP contribution in [0.1, 0.15) is 130 Å². The molecule has 4 saturated heterocycles. The summed E-state index contributed by atoms with van der Waals surface area (Å²) >= 11 is 0. The van der Waals surface area contributed by atoms with E-state index < -0.39 is 291 Å². The molecule has 44 nitrogen and oxygen atoms in total. The van der Waals surface area contributed by atoms with E-state index in [1.165, 1.54) is 0 Å². The van der Waals surface area contributed by atoms with Gasteiger partial charge in [0.15, 0.2) is 59.9 Å². The van der Waals surface area contributed by atoms with Crippen molar-refractivity contribution in [2.75, 3.05) is 59.4 Å². The molecule has 4 aliphatic heterocycles. The Balaban J connectivity index is 0.000000203. The summed E-state index contributed by atoms with van der Waals surface area (Å²) in [6.45, 7) is 4.28. The number of carbonyl (C=O) groups excluding carboxylic acids is 6. The summed E-state index contributed by atoms with van der Waals surface area (Å²) in [5, 5.41) is 214. The molecular weight excluding hydrogens is 1760 g/mol. The standard InChI is InChI=1S/C45H72N4O18.C23H44N4O13.C21H28O5/c1-43-8-5-21(51)13-20(43)3-4-22-23-6-9-45(61,44(23,2)14-27(54)31(22)43)30(55)17-62-18-63-40-29(16-50)65-41(34(57)32(40)49)66-38-19(12-26(53)25(52)7-10-46)11-24(48)39(37(38)60)67-42-36(59)35(58)33(56)28(15-47)64-42;24-2-1-9(29)10(30)4-7-3-8(26)21(40-23-18(35)17(34)15(32)11(5-25)37-23)19(36)20(7)39-22-16(33)13(27)14(31)12(6-28)38-22;1-19-7-5-13(23)9-12(19)3-4-14-15-6-8-21(26,17(25)11-22)20(15,2)10-16(24)18(14)19/h5,8,13,19,22-25,27-29,31-42,50,52,54,56-61H,3-4,6-7,9-12,14-18,46-49H2,1-2H3;7-9,11-23,28-29,31-36H,1-6,24-27H2;5,7,9,14-16,18,22,24,26H,3-4,6,8,10-11H2,1-2H3/t19-,22-,23-,24-,25-,27-,28+,29+,31+,32+,33+,34+,35-,36+,37+,38?,39+,40+,41+,42+,43-,44-,45-;7-,8-,9-,11+,12+,13-,14+,15+,16+,17-,18+,19+,20?,21+,22+,23+;14-,15-,16-,18+,19-,20-,21-/m000/s1. The molecule has 46 atom stereocenters. The van der Waals surface area contributed by atoms with Crippen LogP contribution in [-0.4, -0.2) is 403 Å². The van der Waals surface area contributed by atoms with Crippen molar-refractivity contribution in [3.05, 3.63) is 47.6 Å². The summed E-state index contributed by atoms with van der Waals surface area (Å²) in [7, 11) is 0. The molecule has 10 aliphatic carbocycles. The largest absolute Gasteiger partial charge is 0.394 e. The van der Waals surface area contributed by atoms with Crippen molar-refractivity contribution in [3.63, 3.8) is 0 Å². The van der Waals surface area contributed by atoms with Gasteiger partial charge in [0.05, 0.1) is 49.7 Å². The molecule has 756 valence electrons. The summed E-state index contributed by atoms with van der Waals surface area (Å²) in [5.41, 5.74) is 43.5. The van der Waals surface area contributed by atoms with Crippen LogP contribution < -0.4 is 45.9 Å². The lowest BCUT2D eigenvalue weighted by Gasteiger charge is -2.59. The predicted octanol–water partition coefficient (Wildman–Crippen LogP) is -10.5. The number of rotatable bonds is 30. The molecule has 0 aromatic rings. The monoisotopic (exact) mass is 1900 g/mol. The van der Waals surface area contributed by atoms with E-state index in [-0.39, 0.29) is 130 Å². The smallest absolute Gasteiger partial charge is 0.190 e. The highest BCUT2D eigenvalue weighted by atomic mass is 16.7. The van der Waals surface area contributed by atoms with Crippen molar-refractivity contribution in [2.24, 2.45) is 115 Å². The second-order valence-electron chi connectivity index (χ2n) is 40.1. The highest BCUT2D eigenvalue weighted by Crippen LogP contribution is 2.69. The Labute approximate surface area is 769 Å². The molecule has 0 spiro atoms. The average Bonchev–Trinajstić information content (AvgIpc) is 1.58. The first-order valence-electron chi connectivity index (χ1n) is 46.4. The van der Waals surface area contributed by atoms with E-state index in [0.717, 1.165) is 30.4 Å². The summed E-state index contributed by atoms with van der Waals surface area (Å²) in [6.07, 6.45) is -25.6. The number of ether oxygens (including phenoxy) is 10. The van der Waals surface area contributed by atoms with Gasteiger partial charge in [-0.25, -0.2) is 0 Å². The molecule has 0 aromatic heterocycles. The molecule has 2 unspecified atom stereocenters. The van der Waals surface area contributed by atoms with Crippen LogP contribution >= 0.6 is 0 Å². The maximum atomic E-state index is 13.9. The van der Waals surface area contributed by atoms with Crippen molar-refractivity contribution in [1.29, 1.82) is 0 Å². The number of nitrogens with two attached hydrogens (primary N) is 8. The third-order valence-corrected chi connectivity index (χ3v) is 32.6. The van der Waals surface area contributed by atoms with E-state index >= 15 is 0 Å². The van der Waals surface area contributed by atoms with E-state index in [2.05, 4.69) is 6.92 Å². The first kappa shape index (κ1) is 107. The zero-order valence-corrected chi connectivity index (χ0v) is 75.3. The predicted molar refractivity (Wildman–Crippen MR) is 458 cm³/mol. The lowest BCUT2D eigenvalue weighted by molar-refractivity contribution is -0.338. The molecule has 0 radical (unpaired) electrons. The summed E-state index contributed by atoms with van der Waals surface area (Å²) in [6, 6.07) is -4.67. The number of carbonyl (C=O) groups is 6. The van der Waals surface area contributed by atoms with Crippen LogP contribution in [0.4, 0.5) is 0 Å². The van der Waals surface area contributed by atoms with Gasteiger partial charge in [-0.2, -0.15) is 0 Å². The Kier molecular flexibility index (Phi) is 35.1. The van der Waals surface area contributed by atoms with Gasteiger partial charge >= 0.3 is 0 Å². The van der Waals surface area contributed by atoms with Gasteiger partial charge in [-0.05, 0) is 163 Å². The van der Waals surface area contributed by atoms with Gasteiger partial charge in [-0.1, -0.05) is 51.0 Å². The molecule has 12 fully saturated rings. The molecule has 14 aliphatic rings. The van der Waals surface area contributed by atoms with Crippen LogP contribution in [0.25, 0.3) is 0 Å². The molecule has 14 rings (SSSR count). The molecular formula is C89H144N8O36. The SMILES string of the molecule is C[C@]12C=CC(=O)C=C1CC[C@@H]1[C@@H]2[C@@H](O)C[C@@]2(C)[C@H]1CC[C@]2(O)C(=O)CO.C[C@]12C=CC(=O)C=C1CC[C@@H]1[C@@H]2[C@@H](O)C[C@@]2(C)[C@H]1CC[C@]2(O)C(=O)COCO[C@H]1[C@H](N)[C@@H](O)[C@@H](OC2[C@H](CC(=O)[C@@H](O)CCN)C[C@H](N)[C@@H](O[C@H]3O[C@H](CN)[C@@H](O)[C@H](O)[C@H]3O)[C@@H]2O)O[C@@H]1CO.NCC[C@H](O)C(=O)C[C@@H]1C[C@H](N)[C@@H](O[C@H]2O[C@H](CN)[C@@H](O)[C@H](O)[C@H]2O)[C@H](O)C1O[C@H]1O[C@H](CO)[C@@H](O)[C@H](N)[C@H]1O. The zero-order valence-electron chi connectivity index (χ0n) is 75.3.